The molecule has 0 amide bonds. The van der Waals surface area contributed by atoms with Gasteiger partial charge in [0.25, 0.3) is 10.1 Å². The molecule has 0 atom stereocenters. The lowest BCUT2D eigenvalue weighted by Crippen LogP contribution is -2.09. The second-order valence-corrected chi connectivity index (χ2v) is 7.17. The summed E-state index contributed by atoms with van der Waals surface area (Å²) in [7, 11) is -3.54. The van der Waals surface area contributed by atoms with Crippen molar-refractivity contribution in [2.45, 2.75) is 50.9 Å². The van der Waals surface area contributed by atoms with Crippen molar-refractivity contribution in [1.82, 2.24) is 0 Å². The monoisotopic (exact) mass is 308 g/mol. The van der Waals surface area contributed by atoms with Gasteiger partial charge in [0.05, 0.1) is 12.0 Å². The molecule has 1 saturated carbocycles. The molecular formula is C17H24O3S. The quantitative estimate of drug-likeness (QED) is 0.561. The van der Waals surface area contributed by atoms with E-state index in [2.05, 4.69) is 30.8 Å². The smallest absolute Gasteiger partial charge is 0.267 e. The first-order chi connectivity index (χ1) is 10.1. The zero-order chi connectivity index (χ0) is 15.1. The van der Waals surface area contributed by atoms with Crippen LogP contribution in [0.15, 0.2) is 36.3 Å². The molecular weight excluding hydrogens is 284 g/mol. The third-order valence-corrected chi connectivity index (χ3v) is 5.05. The number of rotatable bonds is 7. The summed E-state index contributed by atoms with van der Waals surface area (Å²) < 4.78 is 27.2. The molecule has 0 heterocycles. The van der Waals surface area contributed by atoms with Crippen molar-refractivity contribution in [3.8, 4) is 0 Å². The topological polar surface area (TPSA) is 43.4 Å². The molecule has 0 N–H and O–H groups in total. The van der Waals surface area contributed by atoms with E-state index in [0.717, 1.165) is 11.8 Å². The van der Waals surface area contributed by atoms with E-state index < -0.39 is 10.1 Å². The van der Waals surface area contributed by atoms with E-state index >= 15 is 0 Å². The lowest BCUT2D eigenvalue weighted by Gasteiger charge is -2.24. The molecule has 0 aromatic heterocycles. The van der Waals surface area contributed by atoms with Gasteiger partial charge in [0.2, 0.25) is 0 Å². The number of benzene rings is 1. The van der Waals surface area contributed by atoms with E-state index in [1.165, 1.54) is 43.2 Å². The molecule has 3 nitrogen and oxygen atoms in total. The minimum Gasteiger partial charge on any atom is -0.267 e. The molecule has 0 radical (unpaired) electrons. The molecule has 116 valence electrons. The van der Waals surface area contributed by atoms with Crippen LogP contribution in [-0.2, 0) is 20.7 Å². The average molecular weight is 308 g/mol. The van der Waals surface area contributed by atoms with Crippen molar-refractivity contribution < 1.29 is 12.6 Å². The summed E-state index contributed by atoms with van der Waals surface area (Å²) in [6.07, 6.45) is 8.11. The van der Waals surface area contributed by atoms with Gasteiger partial charge in [-0.1, -0.05) is 50.1 Å². The molecule has 1 aliphatic rings. The second kappa shape index (κ2) is 7.76. The van der Waals surface area contributed by atoms with Gasteiger partial charge in [-0.25, -0.2) is 0 Å². The maximum absolute atomic E-state index is 11.2. The largest absolute Gasteiger partial charge is 0.289 e. The van der Waals surface area contributed by atoms with Crippen LogP contribution in [-0.4, -0.2) is 15.0 Å². The molecule has 1 fully saturated rings. The minimum absolute atomic E-state index is 0.216. The lowest BCUT2D eigenvalue weighted by atomic mass is 9.81. The van der Waals surface area contributed by atoms with Crippen molar-refractivity contribution in [1.29, 1.82) is 0 Å². The summed E-state index contributed by atoms with van der Waals surface area (Å²) in [5, 5.41) is 0.850. The summed E-state index contributed by atoms with van der Waals surface area (Å²) >= 11 is 0. The van der Waals surface area contributed by atoms with Gasteiger partial charge in [0, 0.05) is 0 Å². The van der Waals surface area contributed by atoms with E-state index in [4.69, 9.17) is 4.18 Å². The number of hydrogen-bond donors (Lipinski definition) is 0. The van der Waals surface area contributed by atoms with Gasteiger partial charge in [0.1, 0.15) is 0 Å². The summed E-state index contributed by atoms with van der Waals surface area (Å²) in [6, 6.07) is 8.55. The highest BCUT2D eigenvalue weighted by atomic mass is 32.2. The molecule has 0 aliphatic heterocycles. The Balaban J connectivity index is 1.92. The van der Waals surface area contributed by atoms with Crippen LogP contribution >= 0.6 is 0 Å². The van der Waals surface area contributed by atoms with E-state index in [-0.39, 0.29) is 6.61 Å². The summed E-state index contributed by atoms with van der Waals surface area (Å²) in [6.45, 7) is 3.45. The van der Waals surface area contributed by atoms with E-state index in [1.807, 2.05) is 0 Å². The first kappa shape index (κ1) is 16.2. The highest BCUT2D eigenvalue weighted by Crippen LogP contribution is 2.34. The number of aryl methyl sites for hydroxylation is 1. The van der Waals surface area contributed by atoms with Gasteiger partial charge in [0.15, 0.2) is 0 Å². The summed E-state index contributed by atoms with van der Waals surface area (Å²) in [5.41, 5.74) is 2.78. The Morgan fingerprint density at radius 2 is 1.90 bits per heavy atom. The highest BCUT2D eigenvalue weighted by Gasteiger charge is 2.17. The van der Waals surface area contributed by atoms with Crippen LogP contribution in [0, 0.1) is 0 Å². The summed E-state index contributed by atoms with van der Waals surface area (Å²) in [5.74, 6) is 0.674. The van der Waals surface area contributed by atoms with Gasteiger partial charge in [-0.15, -0.1) is 0 Å². The SMILES string of the molecule is C=CS(=O)(=O)OCCCc1ccccc1C1CCCCC1. The molecule has 0 unspecified atom stereocenters. The maximum Gasteiger partial charge on any atom is 0.289 e. The van der Waals surface area contributed by atoms with Gasteiger partial charge in [-0.05, 0) is 42.7 Å². The van der Waals surface area contributed by atoms with Crippen molar-refractivity contribution in [3.63, 3.8) is 0 Å². The van der Waals surface area contributed by atoms with E-state index in [9.17, 15) is 8.42 Å². The van der Waals surface area contributed by atoms with Crippen LogP contribution < -0.4 is 0 Å². The Hall–Kier alpha value is -1.13. The van der Waals surface area contributed by atoms with Gasteiger partial charge < -0.3 is 0 Å². The third-order valence-electron chi connectivity index (χ3n) is 4.14. The summed E-state index contributed by atoms with van der Waals surface area (Å²) in [4.78, 5) is 0. The fraction of sp³-hybridized carbons (Fsp3) is 0.529. The third kappa shape index (κ3) is 4.97. The Bertz CT molecular complexity index is 557. The molecule has 0 bridgehead atoms. The molecule has 0 saturated heterocycles. The normalized spacial score (nSPS) is 16.8. The highest BCUT2D eigenvalue weighted by molar-refractivity contribution is 7.89. The molecule has 0 spiro atoms. The molecule has 1 aromatic rings. The maximum atomic E-state index is 11.2. The minimum atomic E-state index is -3.54. The first-order valence-electron chi connectivity index (χ1n) is 7.72. The van der Waals surface area contributed by atoms with E-state index in [1.54, 1.807) is 0 Å². The van der Waals surface area contributed by atoms with Crippen LogP contribution in [0.4, 0.5) is 0 Å². The molecule has 2 rings (SSSR count). The molecule has 1 aliphatic carbocycles. The standard InChI is InChI=1S/C17H24O3S/c1-2-21(18,19)20-14-8-12-16-11-6-7-13-17(16)15-9-4-3-5-10-15/h2,6-7,11,13,15H,1,3-5,8-10,12,14H2. The van der Waals surface area contributed by atoms with Crippen LogP contribution in [0.5, 0.6) is 0 Å². The van der Waals surface area contributed by atoms with Crippen molar-refractivity contribution in [2.24, 2.45) is 0 Å². The predicted octanol–water partition coefficient (Wildman–Crippen LogP) is 4.16. The van der Waals surface area contributed by atoms with Gasteiger partial charge in [-0.3, -0.25) is 4.18 Å². The zero-order valence-corrected chi connectivity index (χ0v) is 13.3. The second-order valence-electron chi connectivity index (χ2n) is 5.62. The first-order valence-corrected chi connectivity index (χ1v) is 9.19. The van der Waals surface area contributed by atoms with Crippen LogP contribution in [0.2, 0.25) is 0 Å². The molecule has 21 heavy (non-hydrogen) atoms. The molecule has 1 aromatic carbocycles. The van der Waals surface area contributed by atoms with Gasteiger partial charge >= 0.3 is 0 Å². The fourth-order valence-electron chi connectivity index (χ4n) is 3.06. The van der Waals surface area contributed by atoms with Crippen LogP contribution in [0.3, 0.4) is 0 Å². The van der Waals surface area contributed by atoms with Gasteiger partial charge in [-0.2, -0.15) is 8.42 Å². The van der Waals surface area contributed by atoms with Crippen molar-refractivity contribution in [3.05, 3.63) is 47.4 Å². The van der Waals surface area contributed by atoms with Crippen LogP contribution in [0.1, 0.15) is 55.6 Å². The predicted molar refractivity (Wildman–Crippen MR) is 85.7 cm³/mol. The van der Waals surface area contributed by atoms with E-state index in [0.29, 0.717) is 12.3 Å². The Labute approximate surface area is 128 Å². The lowest BCUT2D eigenvalue weighted by molar-refractivity contribution is 0.317. The Kier molecular flexibility index (Phi) is 6.00. The fourth-order valence-corrected chi connectivity index (χ4v) is 3.51. The molecule has 4 heteroatoms. The van der Waals surface area contributed by atoms with Crippen molar-refractivity contribution >= 4 is 10.1 Å². The average Bonchev–Trinajstić information content (AvgIpc) is 2.53. The van der Waals surface area contributed by atoms with Crippen molar-refractivity contribution in [2.75, 3.05) is 6.61 Å². The Morgan fingerprint density at radius 1 is 1.19 bits per heavy atom. The Morgan fingerprint density at radius 3 is 2.62 bits per heavy atom. The zero-order valence-electron chi connectivity index (χ0n) is 12.5. The number of hydrogen-bond acceptors (Lipinski definition) is 3. The van der Waals surface area contributed by atoms with Crippen LogP contribution in [0.25, 0.3) is 0 Å².